The Morgan fingerprint density at radius 1 is 1.21 bits per heavy atom. The van der Waals surface area contributed by atoms with Crippen LogP contribution in [0.25, 0.3) is 21.9 Å². The number of benzene rings is 1. The van der Waals surface area contributed by atoms with Gasteiger partial charge in [0.1, 0.15) is 11.2 Å². The summed E-state index contributed by atoms with van der Waals surface area (Å²) in [7, 11) is 2.11. The molecule has 0 fully saturated rings. The van der Waals surface area contributed by atoms with Gasteiger partial charge < -0.3 is 9.32 Å². The summed E-state index contributed by atoms with van der Waals surface area (Å²) in [6, 6.07) is 8.18. The van der Waals surface area contributed by atoms with Crippen LogP contribution in [0.1, 0.15) is 31.5 Å². The maximum Gasteiger partial charge on any atom is 0.144 e. The summed E-state index contributed by atoms with van der Waals surface area (Å²) in [5.74, 6) is 0. The quantitative estimate of drug-likeness (QED) is 0.642. The largest absolute Gasteiger partial charge is 0.456 e. The van der Waals surface area contributed by atoms with E-state index in [4.69, 9.17) is 9.40 Å². The molecule has 0 aliphatic carbocycles. The van der Waals surface area contributed by atoms with Crippen LogP contribution in [-0.2, 0) is 5.54 Å². The number of furan rings is 1. The topological polar surface area (TPSA) is 29.3 Å². The first-order chi connectivity index (χ1) is 11.5. The van der Waals surface area contributed by atoms with E-state index in [0.717, 1.165) is 39.6 Å². The van der Waals surface area contributed by atoms with Crippen LogP contribution < -0.4 is 0 Å². The van der Waals surface area contributed by atoms with Crippen molar-refractivity contribution in [3.8, 4) is 0 Å². The molecule has 3 heterocycles. The summed E-state index contributed by atoms with van der Waals surface area (Å²) in [6.45, 7) is 6.50. The van der Waals surface area contributed by atoms with E-state index in [1.165, 1.54) is 5.57 Å². The van der Waals surface area contributed by atoms with Crippen molar-refractivity contribution in [1.82, 2.24) is 9.88 Å². The van der Waals surface area contributed by atoms with Crippen molar-refractivity contribution in [1.29, 1.82) is 0 Å². The van der Waals surface area contributed by atoms with Crippen LogP contribution in [0, 0.1) is 6.92 Å². The summed E-state index contributed by atoms with van der Waals surface area (Å²) in [5.41, 5.74) is 5.08. The second kappa shape index (κ2) is 5.23. The van der Waals surface area contributed by atoms with Crippen LogP contribution in [0.4, 0.5) is 0 Å². The van der Waals surface area contributed by atoms with Crippen LogP contribution in [0.2, 0.25) is 0 Å². The first-order valence-electron chi connectivity index (χ1n) is 8.45. The zero-order valence-corrected chi connectivity index (χ0v) is 14.6. The summed E-state index contributed by atoms with van der Waals surface area (Å²) in [5, 5.41) is 2.21. The number of likely N-dealkylation sites (N-methyl/N-ethyl adjacent to an activating group) is 1. The smallest absolute Gasteiger partial charge is 0.144 e. The van der Waals surface area contributed by atoms with Gasteiger partial charge in [-0.05, 0) is 38.0 Å². The lowest BCUT2D eigenvalue weighted by atomic mass is 9.84. The highest BCUT2D eigenvalue weighted by molar-refractivity contribution is 6.05. The zero-order valence-electron chi connectivity index (χ0n) is 14.6. The number of rotatable bonds is 2. The number of fused-ring (bicyclic) bond motifs is 3. The van der Waals surface area contributed by atoms with Gasteiger partial charge in [-0.1, -0.05) is 31.2 Å². The maximum atomic E-state index is 6.28. The van der Waals surface area contributed by atoms with E-state index in [1.807, 2.05) is 24.4 Å². The van der Waals surface area contributed by atoms with Crippen molar-refractivity contribution >= 4 is 21.9 Å². The number of aryl methyl sites for hydroxylation is 1. The molecule has 0 amide bonds. The Morgan fingerprint density at radius 2 is 2.00 bits per heavy atom. The Bertz CT molecular complexity index is 996. The fraction of sp³-hybridized carbons (Fsp3) is 0.286. The molecule has 1 atom stereocenters. The fourth-order valence-corrected chi connectivity index (χ4v) is 3.71. The normalized spacial score (nSPS) is 20.8. The minimum atomic E-state index is -0.273. The van der Waals surface area contributed by atoms with E-state index in [9.17, 15) is 0 Å². The molecule has 1 aliphatic rings. The van der Waals surface area contributed by atoms with Crippen molar-refractivity contribution in [3.63, 3.8) is 0 Å². The molecular weight excluding hydrogens is 296 g/mol. The van der Waals surface area contributed by atoms with Gasteiger partial charge in [-0.25, -0.2) is 0 Å². The number of pyridine rings is 1. The second-order valence-electron chi connectivity index (χ2n) is 6.71. The summed E-state index contributed by atoms with van der Waals surface area (Å²) >= 11 is 0. The molecular formula is C21H22N2O. The molecule has 4 rings (SSSR count). The molecule has 2 aromatic heterocycles. The number of nitrogens with zero attached hydrogens (tertiary/aromatic N) is 2. The number of hydrogen-bond acceptors (Lipinski definition) is 3. The van der Waals surface area contributed by atoms with E-state index in [0.29, 0.717) is 0 Å². The number of aromatic nitrogens is 1. The molecule has 122 valence electrons. The average molecular weight is 318 g/mol. The molecule has 0 radical (unpaired) electrons. The van der Waals surface area contributed by atoms with Crippen molar-refractivity contribution in [2.75, 3.05) is 7.05 Å². The Hall–Kier alpha value is -2.55. The van der Waals surface area contributed by atoms with Gasteiger partial charge in [0, 0.05) is 41.5 Å². The SMILES string of the molecule is CCC1=CC(C)(c2c(C)ncc3c2oc2ccccc23)N(C)C=C1. The average Bonchev–Trinajstić information content (AvgIpc) is 2.95. The predicted octanol–water partition coefficient (Wildman–Crippen LogP) is 5.30. The van der Waals surface area contributed by atoms with E-state index in [2.05, 4.69) is 57.1 Å². The third kappa shape index (κ3) is 2.01. The number of allylic oxidation sites excluding steroid dienone is 2. The van der Waals surface area contributed by atoms with Gasteiger partial charge in [0.15, 0.2) is 0 Å². The van der Waals surface area contributed by atoms with Crippen molar-refractivity contribution in [3.05, 3.63) is 65.6 Å². The molecule has 3 nitrogen and oxygen atoms in total. The lowest BCUT2D eigenvalue weighted by Gasteiger charge is -2.39. The molecule has 0 spiro atoms. The lowest BCUT2D eigenvalue weighted by Crippen LogP contribution is -2.38. The van der Waals surface area contributed by atoms with Gasteiger partial charge in [0.2, 0.25) is 0 Å². The molecule has 0 saturated heterocycles. The maximum absolute atomic E-state index is 6.28. The van der Waals surface area contributed by atoms with Crippen molar-refractivity contribution < 1.29 is 4.42 Å². The third-order valence-electron chi connectivity index (χ3n) is 5.24. The van der Waals surface area contributed by atoms with Crippen LogP contribution in [0.3, 0.4) is 0 Å². The first-order valence-corrected chi connectivity index (χ1v) is 8.45. The molecule has 0 saturated carbocycles. The number of hydrogen-bond donors (Lipinski definition) is 0. The van der Waals surface area contributed by atoms with Gasteiger partial charge in [0.05, 0.1) is 5.54 Å². The Labute approximate surface area is 142 Å². The summed E-state index contributed by atoms with van der Waals surface area (Å²) in [6.07, 6.45) is 9.63. The molecule has 3 heteroatoms. The molecule has 1 aromatic carbocycles. The third-order valence-corrected chi connectivity index (χ3v) is 5.24. The van der Waals surface area contributed by atoms with Crippen LogP contribution in [0.5, 0.6) is 0 Å². The Morgan fingerprint density at radius 3 is 2.79 bits per heavy atom. The zero-order chi connectivity index (χ0) is 16.9. The van der Waals surface area contributed by atoms with Gasteiger partial charge in [-0.2, -0.15) is 0 Å². The van der Waals surface area contributed by atoms with Crippen LogP contribution in [-0.4, -0.2) is 16.9 Å². The second-order valence-corrected chi connectivity index (χ2v) is 6.71. The van der Waals surface area contributed by atoms with Crippen molar-refractivity contribution in [2.45, 2.75) is 32.7 Å². The minimum Gasteiger partial charge on any atom is -0.456 e. The summed E-state index contributed by atoms with van der Waals surface area (Å²) < 4.78 is 6.28. The van der Waals surface area contributed by atoms with Crippen LogP contribution >= 0.6 is 0 Å². The first kappa shape index (κ1) is 15.0. The Kier molecular flexibility index (Phi) is 3.27. The van der Waals surface area contributed by atoms with E-state index < -0.39 is 0 Å². The van der Waals surface area contributed by atoms with E-state index in [1.54, 1.807) is 0 Å². The standard InChI is InChI=1S/C21H22N2O/c1-5-15-10-11-23(4)21(3,12-15)19-14(2)22-13-17-16-8-6-7-9-18(16)24-20(17)19/h6-13H,5H2,1-4H3. The lowest BCUT2D eigenvalue weighted by molar-refractivity contribution is 0.257. The molecule has 0 bridgehead atoms. The molecule has 1 unspecified atom stereocenters. The van der Waals surface area contributed by atoms with E-state index >= 15 is 0 Å². The van der Waals surface area contributed by atoms with Gasteiger partial charge in [0.25, 0.3) is 0 Å². The summed E-state index contributed by atoms with van der Waals surface area (Å²) in [4.78, 5) is 6.93. The molecule has 1 aliphatic heterocycles. The predicted molar refractivity (Wildman–Crippen MR) is 98.9 cm³/mol. The fourth-order valence-electron chi connectivity index (χ4n) is 3.71. The molecule has 24 heavy (non-hydrogen) atoms. The highest BCUT2D eigenvalue weighted by Gasteiger charge is 2.35. The van der Waals surface area contributed by atoms with Gasteiger partial charge in [-0.15, -0.1) is 0 Å². The highest BCUT2D eigenvalue weighted by atomic mass is 16.3. The number of para-hydroxylation sites is 1. The van der Waals surface area contributed by atoms with Gasteiger partial charge in [-0.3, -0.25) is 4.98 Å². The van der Waals surface area contributed by atoms with E-state index in [-0.39, 0.29) is 5.54 Å². The molecule has 0 N–H and O–H groups in total. The van der Waals surface area contributed by atoms with Crippen molar-refractivity contribution in [2.24, 2.45) is 0 Å². The molecule has 3 aromatic rings. The minimum absolute atomic E-state index is 0.273. The van der Waals surface area contributed by atoms with Gasteiger partial charge >= 0.3 is 0 Å². The van der Waals surface area contributed by atoms with Crippen LogP contribution in [0.15, 0.2) is 58.8 Å². The monoisotopic (exact) mass is 318 g/mol. The Balaban J connectivity index is 2.07. The highest BCUT2D eigenvalue weighted by Crippen LogP contribution is 2.41.